The zero-order valence-corrected chi connectivity index (χ0v) is 20.3. The van der Waals surface area contributed by atoms with Crippen molar-refractivity contribution in [2.45, 2.75) is 51.9 Å². The predicted molar refractivity (Wildman–Crippen MR) is 130 cm³/mol. The summed E-state index contributed by atoms with van der Waals surface area (Å²) in [6.45, 7) is 8.01. The zero-order chi connectivity index (χ0) is 24.2. The number of para-hydroxylation sites is 1. The van der Waals surface area contributed by atoms with Crippen LogP contribution < -0.4 is 10.9 Å². The molecule has 1 aromatic heterocycles. The van der Waals surface area contributed by atoms with E-state index in [4.69, 9.17) is 0 Å². The summed E-state index contributed by atoms with van der Waals surface area (Å²) in [5.41, 5.74) is 2.53. The Bertz CT molecular complexity index is 1330. The van der Waals surface area contributed by atoms with Crippen molar-refractivity contribution in [3.63, 3.8) is 0 Å². The Morgan fingerprint density at radius 1 is 1.12 bits per heavy atom. The molecule has 0 fully saturated rings. The molecule has 3 rings (SSSR count). The van der Waals surface area contributed by atoms with Gasteiger partial charge in [-0.3, -0.25) is 9.59 Å². The second kappa shape index (κ2) is 10.3. The van der Waals surface area contributed by atoms with E-state index in [-0.39, 0.29) is 22.8 Å². The molecule has 9 heteroatoms. The van der Waals surface area contributed by atoms with Gasteiger partial charge >= 0.3 is 0 Å². The van der Waals surface area contributed by atoms with E-state index in [1.807, 2.05) is 19.9 Å². The Hall–Kier alpha value is -3.04. The number of amides is 1. The highest BCUT2D eigenvalue weighted by Crippen LogP contribution is 2.26. The first-order chi connectivity index (χ1) is 15.7. The third-order valence-corrected chi connectivity index (χ3v) is 7.77. The number of aryl methyl sites for hydroxylation is 2. The van der Waals surface area contributed by atoms with Gasteiger partial charge in [-0.05, 0) is 55.7 Å². The molecule has 0 aliphatic carbocycles. The van der Waals surface area contributed by atoms with Gasteiger partial charge in [0.2, 0.25) is 15.9 Å². The number of nitrogens with zero attached hydrogens (tertiary/aromatic N) is 2. The topological polar surface area (TPSA) is 112 Å². The van der Waals surface area contributed by atoms with Crippen LogP contribution in [0.3, 0.4) is 0 Å². The van der Waals surface area contributed by atoms with Gasteiger partial charge in [-0.1, -0.05) is 26.0 Å². The number of hydrogen-bond acceptors (Lipinski definition) is 5. The molecular formula is C24H30N4O4S. The summed E-state index contributed by atoms with van der Waals surface area (Å²) in [6, 6.07) is 10.3. The lowest BCUT2D eigenvalue weighted by Gasteiger charge is -2.20. The number of fused-ring (bicyclic) bond motifs is 1. The fraction of sp³-hybridized carbons (Fsp3) is 0.375. The number of hydrogen-bond donors (Lipinski definition) is 2. The number of aromatic nitrogens is 2. The summed E-state index contributed by atoms with van der Waals surface area (Å²) < 4.78 is 27.2. The molecule has 1 amide bonds. The Balaban J connectivity index is 1.70. The van der Waals surface area contributed by atoms with Crippen LogP contribution in [0.1, 0.15) is 43.6 Å². The number of H-pyrrole nitrogens is 1. The summed E-state index contributed by atoms with van der Waals surface area (Å²) >= 11 is 0. The van der Waals surface area contributed by atoms with Gasteiger partial charge in [0, 0.05) is 31.6 Å². The molecule has 1 heterocycles. The number of carbonyl (C=O) groups is 1. The second-order valence-electron chi connectivity index (χ2n) is 7.93. The molecule has 0 bridgehead atoms. The fourth-order valence-corrected chi connectivity index (χ4v) is 5.27. The minimum Gasteiger partial charge on any atom is -0.326 e. The minimum absolute atomic E-state index is 0.169. The van der Waals surface area contributed by atoms with Crippen LogP contribution in [0.2, 0.25) is 0 Å². The van der Waals surface area contributed by atoms with E-state index in [1.54, 1.807) is 38.1 Å². The lowest BCUT2D eigenvalue weighted by Crippen LogP contribution is -2.30. The molecule has 0 spiro atoms. The lowest BCUT2D eigenvalue weighted by molar-refractivity contribution is -0.116. The van der Waals surface area contributed by atoms with E-state index in [9.17, 15) is 18.0 Å². The maximum absolute atomic E-state index is 12.9. The first kappa shape index (κ1) is 24.6. The Kier molecular flexibility index (Phi) is 7.65. The van der Waals surface area contributed by atoms with Crippen LogP contribution in [0.5, 0.6) is 0 Å². The fourth-order valence-electron chi connectivity index (χ4n) is 3.70. The van der Waals surface area contributed by atoms with Gasteiger partial charge in [-0.2, -0.15) is 4.31 Å². The van der Waals surface area contributed by atoms with Gasteiger partial charge in [-0.25, -0.2) is 13.4 Å². The van der Waals surface area contributed by atoms with Crippen LogP contribution in [0.15, 0.2) is 46.1 Å². The van der Waals surface area contributed by atoms with E-state index >= 15 is 0 Å². The number of sulfonamides is 1. The number of anilines is 1. The van der Waals surface area contributed by atoms with Crippen molar-refractivity contribution in [1.82, 2.24) is 14.3 Å². The quantitative estimate of drug-likeness (QED) is 0.497. The van der Waals surface area contributed by atoms with E-state index < -0.39 is 10.0 Å². The van der Waals surface area contributed by atoms with Crippen LogP contribution in [0.25, 0.3) is 10.9 Å². The van der Waals surface area contributed by atoms with Gasteiger partial charge in [-0.15, -0.1) is 0 Å². The van der Waals surface area contributed by atoms with Crippen LogP contribution in [0.4, 0.5) is 5.69 Å². The van der Waals surface area contributed by atoms with Crippen LogP contribution >= 0.6 is 0 Å². The Morgan fingerprint density at radius 3 is 2.52 bits per heavy atom. The maximum Gasteiger partial charge on any atom is 0.258 e. The van der Waals surface area contributed by atoms with E-state index in [0.717, 1.165) is 11.1 Å². The van der Waals surface area contributed by atoms with Gasteiger partial charge < -0.3 is 10.3 Å². The molecule has 2 N–H and O–H groups in total. The summed E-state index contributed by atoms with van der Waals surface area (Å²) in [5, 5.41) is 3.38. The molecule has 3 aromatic rings. The predicted octanol–water partition coefficient (Wildman–Crippen LogP) is 3.53. The SMILES string of the molecule is CCN(CC)S(=O)(=O)c1cc(C)c(C)c(NC(=O)CCCc2nc3ccccc3c(=O)[nH]2)c1. The number of carbonyl (C=O) groups excluding carboxylic acids is 1. The highest BCUT2D eigenvalue weighted by atomic mass is 32.2. The van der Waals surface area contributed by atoms with Crippen LogP contribution in [-0.4, -0.2) is 41.7 Å². The van der Waals surface area contributed by atoms with Gasteiger partial charge in [0.15, 0.2) is 0 Å². The van der Waals surface area contributed by atoms with Gasteiger partial charge in [0.25, 0.3) is 5.56 Å². The van der Waals surface area contributed by atoms with E-state index in [1.165, 1.54) is 10.4 Å². The summed E-state index contributed by atoms with van der Waals surface area (Å²) in [5.74, 6) is 0.309. The molecule has 0 aliphatic heterocycles. The smallest absolute Gasteiger partial charge is 0.258 e. The molecular weight excluding hydrogens is 440 g/mol. The molecule has 176 valence electrons. The molecule has 0 saturated carbocycles. The van der Waals surface area contributed by atoms with Crippen molar-refractivity contribution in [2.24, 2.45) is 0 Å². The number of aromatic amines is 1. The van der Waals surface area contributed by atoms with Gasteiger partial charge in [0.1, 0.15) is 5.82 Å². The van der Waals surface area contributed by atoms with Crippen LogP contribution in [-0.2, 0) is 21.2 Å². The van der Waals surface area contributed by atoms with Crippen molar-refractivity contribution in [3.05, 3.63) is 63.7 Å². The maximum atomic E-state index is 12.9. The second-order valence-corrected chi connectivity index (χ2v) is 9.87. The molecule has 33 heavy (non-hydrogen) atoms. The number of nitrogens with one attached hydrogen (secondary N) is 2. The van der Waals surface area contributed by atoms with Crippen molar-refractivity contribution >= 4 is 32.5 Å². The molecule has 0 atom stereocenters. The molecule has 0 unspecified atom stereocenters. The normalized spacial score (nSPS) is 11.8. The Morgan fingerprint density at radius 2 is 1.82 bits per heavy atom. The van der Waals surface area contributed by atoms with E-state index in [2.05, 4.69) is 15.3 Å². The highest BCUT2D eigenvalue weighted by molar-refractivity contribution is 7.89. The standard InChI is InChI=1S/C24H30N4O4S/c1-5-28(6-2)33(31,32)18-14-16(3)17(4)21(15-18)26-23(29)13-9-12-22-25-20-11-8-7-10-19(20)24(30)27-22/h7-8,10-11,14-15H,5-6,9,12-13H2,1-4H3,(H,26,29)(H,25,27,30). The van der Waals surface area contributed by atoms with Crippen molar-refractivity contribution in [2.75, 3.05) is 18.4 Å². The first-order valence-electron chi connectivity index (χ1n) is 11.1. The van der Waals surface area contributed by atoms with Crippen LogP contribution in [0, 0.1) is 13.8 Å². The van der Waals surface area contributed by atoms with Crippen molar-refractivity contribution in [1.29, 1.82) is 0 Å². The third-order valence-electron chi connectivity index (χ3n) is 5.74. The average Bonchev–Trinajstić information content (AvgIpc) is 2.77. The molecule has 0 saturated heterocycles. The van der Waals surface area contributed by atoms with E-state index in [0.29, 0.717) is 48.3 Å². The average molecular weight is 471 g/mol. The zero-order valence-electron chi connectivity index (χ0n) is 19.4. The Labute approximate surface area is 194 Å². The highest BCUT2D eigenvalue weighted by Gasteiger charge is 2.23. The number of benzene rings is 2. The monoisotopic (exact) mass is 470 g/mol. The molecule has 0 aliphatic rings. The van der Waals surface area contributed by atoms with Gasteiger partial charge in [0.05, 0.1) is 15.8 Å². The van der Waals surface area contributed by atoms with Crippen molar-refractivity contribution in [3.8, 4) is 0 Å². The third kappa shape index (κ3) is 5.48. The van der Waals surface area contributed by atoms with Crippen molar-refractivity contribution < 1.29 is 13.2 Å². The molecule has 2 aromatic carbocycles. The minimum atomic E-state index is -3.63. The lowest BCUT2D eigenvalue weighted by atomic mass is 10.1. The molecule has 0 radical (unpaired) electrons. The first-order valence-corrected chi connectivity index (χ1v) is 12.5. The summed E-state index contributed by atoms with van der Waals surface area (Å²) in [6.07, 6.45) is 1.15. The number of rotatable bonds is 9. The summed E-state index contributed by atoms with van der Waals surface area (Å²) in [7, 11) is -3.63. The molecule has 8 nitrogen and oxygen atoms in total. The largest absolute Gasteiger partial charge is 0.326 e. The summed E-state index contributed by atoms with van der Waals surface area (Å²) in [4.78, 5) is 32.2.